The second-order valence-electron chi connectivity index (χ2n) is 5.43. The van der Waals surface area contributed by atoms with Gasteiger partial charge in [0.2, 0.25) is 5.91 Å². The van der Waals surface area contributed by atoms with E-state index in [1.54, 1.807) is 13.0 Å². The molecule has 1 fully saturated rings. The van der Waals surface area contributed by atoms with E-state index in [2.05, 4.69) is 10.1 Å². The first-order valence-electron chi connectivity index (χ1n) is 7.22. The van der Waals surface area contributed by atoms with Gasteiger partial charge in [-0.15, -0.1) is 12.4 Å². The van der Waals surface area contributed by atoms with Gasteiger partial charge in [-0.2, -0.15) is 0 Å². The Morgan fingerprint density at radius 3 is 2.82 bits per heavy atom. The Morgan fingerprint density at radius 2 is 2.18 bits per heavy atom. The third-order valence-corrected chi connectivity index (χ3v) is 4.11. The van der Waals surface area contributed by atoms with Gasteiger partial charge in [-0.1, -0.05) is 6.42 Å². The van der Waals surface area contributed by atoms with E-state index in [9.17, 15) is 9.59 Å². The van der Waals surface area contributed by atoms with Crippen molar-refractivity contribution in [2.24, 2.45) is 17.6 Å². The smallest absolute Gasteiger partial charge is 0.341 e. The van der Waals surface area contributed by atoms with E-state index in [0.717, 1.165) is 19.3 Å². The maximum absolute atomic E-state index is 12.2. The number of carbonyl (C=O) groups is 2. The number of hydrogen-bond acceptors (Lipinski definition) is 5. The lowest BCUT2D eigenvalue weighted by atomic mass is 9.95. The Labute approximate surface area is 136 Å². The summed E-state index contributed by atoms with van der Waals surface area (Å²) in [6.07, 6.45) is 2.95. The topological polar surface area (TPSA) is 94.6 Å². The van der Waals surface area contributed by atoms with Crippen molar-refractivity contribution in [1.82, 2.24) is 5.32 Å². The molecule has 0 saturated heterocycles. The van der Waals surface area contributed by atoms with Gasteiger partial charge in [0.15, 0.2) is 0 Å². The van der Waals surface area contributed by atoms with Crippen molar-refractivity contribution in [3.05, 3.63) is 23.2 Å². The summed E-state index contributed by atoms with van der Waals surface area (Å²) < 4.78 is 10.1. The number of aryl methyl sites for hydroxylation is 1. The molecule has 0 aromatic carbocycles. The number of methoxy groups -OCH3 is 1. The maximum Gasteiger partial charge on any atom is 0.341 e. The molecule has 0 unspecified atom stereocenters. The molecule has 1 heterocycles. The van der Waals surface area contributed by atoms with Gasteiger partial charge in [0.05, 0.1) is 13.7 Å². The number of nitrogens with one attached hydrogen (secondary N) is 1. The number of esters is 1. The molecule has 0 radical (unpaired) electrons. The molecule has 2 atom stereocenters. The second-order valence-corrected chi connectivity index (χ2v) is 5.43. The van der Waals surface area contributed by atoms with Crippen LogP contribution in [0.3, 0.4) is 0 Å². The first-order chi connectivity index (χ1) is 10.1. The normalized spacial score (nSPS) is 20.3. The summed E-state index contributed by atoms with van der Waals surface area (Å²) >= 11 is 0. The van der Waals surface area contributed by atoms with Crippen LogP contribution in [0.1, 0.15) is 41.1 Å². The van der Waals surface area contributed by atoms with Crippen LogP contribution in [0, 0.1) is 18.8 Å². The number of furan rings is 1. The summed E-state index contributed by atoms with van der Waals surface area (Å²) in [6.45, 7) is 2.51. The molecule has 3 N–H and O–H groups in total. The molecule has 1 aliphatic carbocycles. The molecule has 7 heteroatoms. The predicted octanol–water partition coefficient (Wildman–Crippen LogP) is 1.79. The van der Waals surface area contributed by atoms with Crippen molar-refractivity contribution >= 4 is 24.3 Å². The summed E-state index contributed by atoms with van der Waals surface area (Å²) in [4.78, 5) is 23.7. The fraction of sp³-hybridized carbons (Fsp3) is 0.600. The van der Waals surface area contributed by atoms with Gasteiger partial charge in [-0.25, -0.2) is 4.79 Å². The summed E-state index contributed by atoms with van der Waals surface area (Å²) in [6, 6.07) is 1.61. The molecule has 1 aromatic rings. The zero-order valence-electron chi connectivity index (χ0n) is 12.9. The SMILES string of the molecule is COC(=O)c1cc(CNC(=O)[C@@H]2CCC[C@@H]2CN)oc1C.Cl. The first kappa shape index (κ1) is 18.5. The lowest BCUT2D eigenvalue weighted by Crippen LogP contribution is -2.34. The highest BCUT2D eigenvalue weighted by Gasteiger charge is 2.31. The van der Waals surface area contributed by atoms with Crippen LogP contribution in [0.5, 0.6) is 0 Å². The summed E-state index contributed by atoms with van der Waals surface area (Å²) in [5, 5.41) is 2.86. The number of rotatable bonds is 5. The van der Waals surface area contributed by atoms with Crippen molar-refractivity contribution in [2.45, 2.75) is 32.7 Å². The van der Waals surface area contributed by atoms with Gasteiger partial charge >= 0.3 is 5.97 Å². The lowest BCUT2D eigenvalue weighted by Gasteiger charge is -2.16. The van der Waals surface area contributed by atoms with E-state index in [1.165, 1.54) is 7.11 Å². The highest BCUT2D eigenvalue weighted by molar-refractivity contribution is 5.90. The van der Waals surface area contributed by atoms with E-state index < -0.39 is 5.97 Å². The Morgan fingerprint density at radius 1 is 1.45 bits per heavy atom. The van der Waals surface area contributed by atoms with E-state index in [1.807, 2.05) is 0 Å². The molecule has 1 aliphatic rings. The standard InChI is InChI=1S/C15H22N2O4.ClH/c1-9-13(15(19)20-2)6-11(21-9)8-17-14(18)12-5-3-4-10(12)7-16;/h6,10,12H,3-5,7-8,16H2,1-2H3,(H,17,18);1H/t10-,12-;/m1./s1. The fourth-order valence-electron chi connectivity index (χ4n) is 2.91. The zero-order chi connectivity index (χ0) is 15.4. The maximum atomic E-state index is 12.2. The van der Waals surface area contributed by atoms with Crippen molar-refractivity contribution in [3.8, 4) is 0 Å². The predicted molar refractivity (Wildman–Crippen MR) is 83.8 cm³/mol. The number of halogens is 1. The van der Waals surface area contributed by atoms with Crippen molar-refractivity contribution in [2.75, 3.05) is 13.7 Å². The van der Waals surface area contributed by atoms with Gasteiger partial charge in [0.25, 0.3) is 0 Å². The Balaban J connectivity index is 0.00000242. The van der Waals surface area contributed by atoms with Crippen LogP contribution in [-0.2, 0) is 16.1 Å². The summed E-state index contributed by atoms with van der Waals surface area (Å²) in [5.74, 6) is 0.875. The highest BCUT2D eigenvalue weighted by Crippen LogP contribution is 2.31. The minimum atomic E-state index is -0.437. The molecule has 0 bridgehead atoms. The minimum Gasteiger partial charge on any atom is -0.465 e. The van der Waals surface area contributed by atoms with E-state index in [4.69, 9.17) is 10.2 Å². The Bertz CT molecular complexity index is 530. The molecular weight excluding hydrogens is 308 g/mol. The third-order valence-electron chi connectivity index (χ3n) is 4.11. The minimum absolute atomic E-state index is 0. The van der Waals surface area contributed by atoms with Crippen LogP contribution in [0.25, 0.3) is 0 Å². The quantitative estimate of drug-likeness (QED) is 0.803. The van der Waals surface area contributed by atoms with E-state index in [-0.39, 0.29) is 36.7 Å². The zero-order valence-corrected chi connectivity index (χ0v) is 13.7. The van der Waals surface area contributed by atoms with Crippen molar-refractivity contribution < 1.29 is 18.7 Å². The molecule has 0 aliphatic heterocycles. The number of hydrogen-bond donors (Lipinski definition) is 2. The van der Waals surface area contributed by atoms with Crippen LogP contribution in [0.4, 0.5) is 0 Å². The van der Waals surface area contributed by atoms with Gasteiger partial charge in [-0.3, -0.25) is 4.79 Å². The van der Waals surface area contributed by atoms with Gasteiger partial charge < -0.3 is 20.2 Å². The molecule has 1 saturated carbocycles. The fourth-order valence-corrected chi connectivity index (χ4v) is 2.91. The van der Waals surface area contributed by atoms with Crippen LogP contribution in [0.15, 0.2) is 10.5 Å². The molecular formula is C15H23ClN2O4. The Hall–Kier alpha value is -1.53. The molecule has 22 heavy (non-hydrogen) atoms. The third kappa shape index (κ3) is 4.01. The molecule has 1 amide bonds. The summed E-state index contributed by atoms with van der Waals surface area (Å²) in [5.41, 5.74) is 6.08. The first-order valence-corrected chi connectivity index (χ1v) is 7.22. The monoisotopic (exact) mass is 330 g/mol. The van der Waals surface area contributed by atoms with Crippen LogP contribution in [0.2, 0.25) is 0 Å². The van der Waals surface area contributed by atoms with Gasteiger partial charge in [0, 0.05) is 5.92 Å². The van der Waals surface area contributed by atoms with Crippen LogP contribution in [-0.4, -0.2) is 25.5 Å². The molecule has 1 aromatic heterocycles. The molecule has 124 valence electrons. The van der Waals surface area contributed by atoms with Gasteiger partial charge in [-0.05, 0) is 38.3 Å². The van der Waals surface area contributed by atoms with Crippen LogP contribution >= 0.6 is 12.4 Å². The number of nitrogens with two attached hydrogens (primary N) is 1. The van der Waals surface area contributed by atoms with Gasteiger partial charge in [0.1, 0.15) is 17.1 Å². The van der Waals surface area contributed by atoms with Crippen molar-refractivity contribution in [1.29, 1.82) is 0 Å². The average Bonchev–Trinajstić information content (AvgIpc) is 3.10. The van der Waals surface area contributed by atoms with E-state index in [0.29, 0.717) is 23.6 Å². The second kappa shape index (κ2) is 8.19. The van der Waals surface area contributed by atoms with E-state index >= 15 is 0 Å². The molecule has 6 nitrogen and oxygen atoms in total. The number of amides is 1. The average molecular weight is 331 g/mol. The number of carbonyl (C=O) groups excluding carboxylic acids is 2. The molecule has 2 rings (SSSR count). The van der Waals surface area contributed by atoms with Crippen molar-refractivity contribution in [3.63, 3.8) is 0 Å². The highest BCUT2D eigenvalue weighted by atomic mass is 35.5. The van der Waals surface area contributed by atoms with Crippen LogP contribution < -0.4 is 11.1 Å². The molecule has 0 spiro atoms. The largest absolute Gasteiger partial charge is 0.465 e. The number of ether oxygens (including phenoxy) is 1. The summed E-state index contributed by atoms with van der Waals surface area (Å²) in [7, 11) is 1.32. The lowest BCUT2D eigenvalue weighted by molar-refractivity contribution is -0.126. The Kier molecular flexibility index (Phi) is 6.90.